The van der Waals surface area contributed by atoms with Gasteiger partial charge in [-0.25, -0.2) is 9.18 Å². The average molecular weight is 346 g/mol. The van der Waals surface area contributed by atoms with E-state index in [2.05, 4.69) is 5.32 Å². The van der Waals surface area contributed by atoms with Crippen molar-refractivity contribution in [2.45, 2.75) is 33.7 Å². The van der Waals surface area contributed by atoms with Crippen LogP contribution in [0.5, 0.6) is 11.5 Å². The van der Waals surface area contributed by atoms with Crippen molar-refractivity contribution >= 4 is 11.8 Å². The topological polar surface area (TPSA) is 84.6 Å². The van der Waals surface area contributed by atoms with E-state index in [1.165, 1.54) is 12.1 Å². The van der Waals surface area contributed by atoms with Crippen molar-refractivity contribution in [1.82, 2.24) is 5.32 Å². The number of halogens is 1. The smallest absolute Gasteiger partial charge is 0.405 e. The summed E-state index contributed by atoms with van der Waals surface area (Å²) in [4.78, 5) is 11.2. The van der Waals surface area contributed by atoms with E-state index in [1.807, 2.05) is 20.8 Å². The van der Waals surface area contributed by atoms with Crippen LogP contribution >= 0.6 is 0 Å². The zero-order chi connectivity index (χ0) is 18.8. The van der Waals surface area contributed by atoms with E-state index in [0.717, 1.165) is 0 Å². The van der Waals surface area contributed by atoms with Crippen LogP contribution in [0.4, 0.5) is 14.9 Å². The second-order valence-corrected chi connectivity index (χ2v) is 7.05. The second-order valence-electron chi connectivity index (χ2n) is 7.05. The highest BCUT2D eigenvalue weighted by atomic mass is 19.1. The molecule has 0 aromatic heterocycles. The molecule has 0 saturated carbocycles. The van der Waals surface area contributed by atoms with Crippen molar-refractivity contribution in [3.63, 3.8) is 0 Å². The van der Waals surface area contributed by atoms with Gasteiger partial charge in [-0.1, -0.05) is 20.8 Å². The zero-order valence-electron chi connectivity index (χ0n) is 14.8. The van der Waals surface area contributed by atoms with Crippen molar-refractivity contribution in [2.75, 3.05) is 5.73 Å². The Morgan fingerprint density at radius 3 is 2.48 bits per heavy atom. The largest absolute Gasteiger partial charge is 0.465 e. The van der Waals surface area contributed by atoms with Crippen LogP contribution in [-0.4, -0.2) is 11.2 Å². The molecule has 1 unspecified atom stereocenters. The van der Waals surface area contributed by atoms with Gasteiger partial charge in [0.15, 0.2) is 0 Å². The predicted octanol–water partition coefficient (Wildman–Crippen LogP) is 4.86. The number of nitrogens with two attached hydrogens (primary N) is 1. The molecule has 0 heterocycles. The van der Waals surface area contributed by atoms with Crippen molar-refractivity contribution < 1.29 is 19.0 Å². The van der Waals surface area contributed by atoms with Gasteiger partial charge >= 0.3 is 6.09 Å². The first-order chi connectivity index (χ1) is 11.6. The first-order valence-electron chi connectivity index (χ1n) is 7.91. The molecule has 0 aliphatic rings. The normalized spacial score (nSPS) is 12.5. The fraction of sp³-hybridized carbons (Fsp3) is 0.316. The molecule has 0 spiro atoms. The third kappa shape index (κ3) is 4.62. The SMILES string of the molecule is Cc1cc(F)ccc1Oc1ccc(N)c(C(NC(=O)O)C(C)(C)C)c1. The minimum absolute atomic E-state index is 0.332. The fourth-order valence-corrected chi connectivity index (χ4v) is 2.60. The third-order valence-corrected chi connectivity index (χ3v) is 3.87. The lowest BCUT2D eigenvalue weighted by Gasteiger charge is -2.32. The molecule has 0 aliphatic carbocycles. The molecule has 2 rings (SSSR count). The molecule has 2 aromatic carbocycles. The minimum atomic E-state index is -1.12. The number of amides is 1. The molecular weight excluding hydrogens is 323 g/mol. The van der Waals surface area contributed by atoms with Crippen molar-refractivity contribution in [2.24, 2.45) is 5.41 Å². The van der Waals surface area contributed by atoms with Gasteiger partial charge in [-0.05, 0) is 54.3 Å². The number of hydrogen-bond acceptors (Lipinski definition) is 3. The fourth-order valence-electron chi connectivity index (χ4n) is 2.60. The molecule has 0 bridgehead atoms. The summed E-state index contributed by atoms with van der Waals surface area (Å²) in [5, 5.41) is 11.7. The Labute approximate surface area is 146 Å². The highest BCUT2D eigenvalue weighted by Crippen LogP contribution is 2.38. The molecule has 25 heavy (non-hydrogen) atoms. The molecule has 1 amide bonds. The van der Waals surface area contributed by atoms with Gasteiger partial charge in [0.05, 0.1) is 6.04 Å². The number of anilines is 1. The Morgan fingerprint density at radius 1 is 1.24 bits per heavy atom. The number of benzene rings is 2. The summed E-state index contributed by atoms with van der Waals surface area (Å²) < 4.78 is 19.1. The Morgan fingerprint density at radius 2 is 1.92 bits per heavy atom. The van der Waals surface area contributed by atoms with Crippen LogP contribution in [0.2, 0.25) is 0 Å². The van der Waals surface area contributed by atoms with E-state index in [0.29, 0.717) is 28.3 Å². The van der Waals surface area contributed by atoms with Crippen molar-refractivity contribution in [1.29, 1.82) is 0 Å². The summed E-state index contributed by atoms with van der Waals surface area (Å²) in [5.41, 5.74) is 7.44. The summed E-state index contributed by atoms with van der Waals surface area (Å²) in [6.07, 6.45) is -1.12. The molecule has 1 atom stereocenters. The number of hydrogen-bond donors (Lipinski definition) is 3. The van der Waals surface area contributed by atoms with Crippen LogP contribution in [0, 0.1) is 18.2 Å². The quantitative estimate of drug-likeness (QED) is 0.690. The van der Waals surface area contributed by atoms with E-state index in [1.54, 1.807) is 31.2 Å². The Balaban J connectivity index is 2.40. The van der Waals surface area contributed by atoms with Gasteiger partial charge in [0.1, 0.15) is 17.3 Å². The van der Waals surface area contributed by atoms with Crippen LogP contribution in [0.3, 0.4) is 0 Å². The van der Waals surface area contributed by atoms with E-state index in [9.17, 15) is 9.18 Å². The molecule has 5 nitrogen and oxygen atoms in total. The Bertz CT molecular complexity index is 785. The van der Waals surface area contributed by atoms with Gasteiger partial charge in [0.2, 0.25) is 0 Å². The van der Waals surface area contributed by atoms with Crippen LogP contribution in [0.1, 0.15) is 37.9 Å². The first-order valence-corrected chi connectivity index (χ1v) is 7.91. The zero-order valence-corrected chi connectivity index (χ0v) is 14.8. The van der Waals surface area contributed by atoms with Crippen LogP contribution in [0.25, 0.3) is 0 Å². The minimum Gasteiger partial charge on any atom is -0.465 e. The first kappa shape index (κ1) is 18.6. The number of carbonyl (C=O) groups is 1. The highest BCUT2D eigenvalue weighted by molar-refractivity contribution is 5.66. The van der Waals surface area contributed by atoms with Crippen molar-refractivity contribution in [3.05, 3.63) is 53.3 Å². The number of aryl methyl sites for hydroxylation is 1. The third-order valence-electron chi connectivity index (χ3n) is 3.87. The molecule has 2 aromatic rings. The highest BCUT2D eigenvalue weighted by Gasteiger charge is 2.29. The number of ether oxygens (including phenoxy) is 1. The number of nitrogens with one attached hydrogen (secondary N) is 1. The molecule has 134 valence electrons. The van der Waals surface area contributed by atoms with Crippen molar-refractivity contribution in [3.8, 4) is 11.5 Å². The predicted molar refractivity (Wildman–Crippen MR) is 95.4 cm³/mol. The maximum atomic E-state index is 13.2. The summed E-state index contributed by atoms with van der Waals surface area (Å²) in [5.74, 6) is 0.692. The molecule has 0 saturated heterocycles. The number of carboxylic acid groups (broad SMARTS) is 1. The van der Waals surface area contributed by atoms with Gasteiger partial charge in [0.25, 0.3) is 0 Å². The monoisotopic (exact) mass is 346 g/mol. The van der Waals surface area contributed by atoms with Crippen LogP contribution in [0.15, 0.2) is 36.4 Å². The number of nitrogen functional groups attached to an aromatic ring is 1. The molecular formula is C19H23FN2O3. The van der Waals surface area contributed by atoms with E-state index in [-0.39, 0.29) is 5.82 Å². The molecule has 6 heteroatoms. The summed E-state index contributed by atoms with van der Waals surface area (Å²) in [7, 11) is 0. The lowest BCUT2D eigenvalue weighted by atomic mass is 9.81. The van der Waals surface area contributed by atoms with Crippen LogP contribution < -0.4 is 15.8 Å². The van der Waals surface area contributed by atoms with E-state index < -0.39 is 17.6 Å². The Hall–Kier alpha value is -2.76. The lowest BCUT2D eigenvalue weighted by Crippen LogP contribution is -2.36. The molecule has 0 fully saturated rings. The Kier molecular flexibility index (Phi) is 5.21. The van der Waals surface area contributed by atoms with E-state index >= 15 is 0 Å². The maximum absolute atomic E-state index is 13.2. The summed E-state index contributed by atoms with van der Waals surface area (Å²) >= 11 is 0. The van der Waals surface area contributed by atoms with Gasteiger partial charge in [-0.15, -0.1) is 0 Å². The van der Waals surface area contributed by atoms with Gasteiger partial charge < -0.3 is 20.9 Å². The van der Waals surface area contributed by atoms with Gasteiger partial charge in [-0.3, -0.25) is 0 Å². The van der Waals surface area contributed by atoms with Crippen LogP contribution in [-0.2, 0) is 0 Å². The molecule has 4 N–H and O–H groups in total. The summed E-state index contributed by atoms with van der Waals surface area (Å²) in [6.45, 7) is 7.51. The summed E-state index contributed by atoms with van der Waals surface area (Å²) in [6, 6.07) is 8.83. The van der Waals surface area contributed by atoms with E-state index in [4.69, 9.17) is 15.6 Å². The van der Waals surface area contributed by atoms with Gasteiger partial charge in [0, 0.05) is 11.3 Å². The number of rotatable bonds is 4. The van der Waals surface area contributed by atoms with Gasteiger partial charge in [-0.2, -0.15) is 0 Å². The lowest BCUT2D eigenvalue weighted by molar-refractivity contribution is 0.175. The molecule has 0 aliphatic heterocycles. The maximum Gasteiger partial charge on any atom is 0.405 e. The standard InChI is InChI=1S/C19H23FN2O3/c1-11-9-12(20)5-8-16(11)25-13-6-7-15(21)14(10-13)17(19(2,3)4)22-18(23)24/h5-10,17,22H,21H2,1-4H3,(H,23,24). The average Bonchev–Trinajstić information content (AvgIpc) is 2.48. The molecule has 0 radical (unpaired) electrons. The second kappa shape index (κ2) is 7.01.